The van der Waals surface area contributed by atoms with E-state index in [0.29, 0.717) is 6.54 Å². The number of nitrogens with one attached hydrogen (secondary N) is 1. The predicted molar refractivity (Wildman–Crippen MR) is 71.2 cm³/mol. The number of imidazole rings is 1. The van der Waals surface area contributed by atoms with Crippen molar-refractivity contribution in [3.8, 4) is 0 Å². The van der Waals surface area contributed by atoms with E-state index in [4.69, 9.17) is 0 Å². The van der Waals surface area contributed by atoms with Crippen molar-refractivity contribution in [2.24, 2.45) is 0 Å². The van der Waals surface area contributed by atoms with E-state index in [1.54, 1.807) is 0 Å². The van der Waals surface area contributed by atoms with Gasteiger partial charge in [-0.05, 0) is 6.92 Å². The summed E-state index contributed by atoms with van der Waals surface area (Å²) in [6.07, 6.45) is 2.37. The molecule has 0 spiro atoms. The minimum absolute atomic E-state index is 0.116. The Kier molecular flexibility index (Phi) is 4.16. The van der Waals surface area contributed by atoms with E-state index < -0.39 is 0 Å². The lowest BCUT2D eigenvalue weighted by atomic mass is 10.3. The van der Waals surface area contributed by atoms with Gasteiger partial charge in [-0.25, -0.2) is 4.98 Å². The molecule has 19 heavy (non-hydrogen) atoms. The van der Waals surface area contributed by atoms with Crippen LogP contribution in [0, 0.1) is 6.92 Å². The van der Waals surface area contributed by atoms with Crippen molar-refractivity contribution in [1.82, 2.24) is 14.7 Å². The van der Waals surface area contributed by atoms with Crippen molar-refractivity contribution >= 4 is 28.2 Å². The number of fused-ring (bicyclic) bond motifs is 1. The summed E-state index contributed by atoms with van der Waals surface area (Å²) < 4.78 is 6.41. The van der Waals surface area contributed by atoms with Gasteiger partial charge >= 0.3 is 5.97 Å². The summed E-state index contributed by atoms with van der Waals surface area (Å²) in [5.74, 6) is -0.446. The van der Waals surface area contributed by atoms with Gasteiger partial charge in [0.15, 0.2) is 4.96 Å². The van der Waals surface area contributed by atoms with Gasteiger partial charge in [-0.2, -0.15) is 0 Å². The lowest BCUT2D eigenvalue weighted by Gasteiger charge is -2.03. The first-order chi connectivity index (χ1) is 9.10. The zero-order valence-electron chi connectivity index (χ0n) is 10.8. The summed E-state index contributed by atoms with van der Waals surface area (Å²) in [5.41, 5.74) is 1.83. The number of ether oxygens (including phenoxy) is 1. The third kappa shape index (κ3) is 3.31. The maximum Gasteiger partial charge on any atom is 0.307 e. The van der Waals surface area contributed by atoms with Gasteiger partial charge in [-0.3, -0.25) is 14.0 Å². The molecular weight excluding hydrogens is 266 g/mol. The van der Waals surface area contributed by atoms with Crippen molar-refractivity contribution in [2.45, 2.75) is 19.8 Å². The van der Waals surface area contributed by atoms with Crippen LogP contribution in [0.1, 0.15) is 17.8 Å². The number of rotatable bonds is 5. The second-order valence-corrected chi connectivity index (χ2v) is 4.95. The molecule has 1 N–H and O–H groups in total. The normalized spacial score (nSPS) is 10.6. The van der Waals surface area contributed by atoms with Gasteiger partial charge in [0, 0.05) is 23.8 Å². The third-order valence-corrected chi connectivity index (χ3v) is 3.51. The first-order valence-electron chi connectivity index (χ1n) is 5.85. The van der Waals surface area contributed by atoms with Crippen LogP contribution in [0.15, 0.2) is 11.6 Å². The van der Waals surface area contributed by atoms with Crippen LogP contribution in [0.5, 0.6) is 0 Å². The molecule has 0 radical (unpaired) electrons. The van der Waals surface area contributed by atoms with Crippen molar-refractivity contribution in [3.05, 3.63) is 23.0 Å². The maximum absolute atomic E-state index is 11.7. The van der Waals surface area contributed by atoms with Crippen molar-refractivity contribution < 1.29 is 14.3 Å². The summed E-state index contributed by atoms with van der Waals surface area (Å²) in [5, 5.41) is 4.61. The number of hydrogen-bond donors (Lipinski definition) is 1. The van der Waals surface area contributed by atoms with Crippen LogP contribution in [0.4, 0.5) is 0 Å². The van der Waals surface area contributed by atoms with Gasteiger partial charge < -0.3 is 10.1 Å². The minimum Gasteiger partial charge on any atom is -0.469 e. The molecule has 0 unspecified atom stereocenters. The monoisotopic (exact) mass is 281 g/mol. The Bertz CT molecular complexity index is 602. The Hall–Kier alpha value is -1.89. The lowest BCUT2D eigenvalue weighted by Crippen LogP contribution is -2.28. The number of esters is 1. The highest BCUT2D eigenvalue weighted by molar-refractivity contribution is 7.15. The number of aryl methyl sites for hydroxylation is 1. The van der Waals surface area contributed by atoms with Gasteiger partial charge in [0.2, 0.25) is 5.91 Å². The fourth-order valence-corrected chi connectivity index (χ4v) is 2.62. The molecule has 2 aromatic rings. The molecule has 6 nitrogen and oxygen atoms in total. The molecule has 0 aliphatic heterocycles. The molecule has 0 saturated carbocycles. The number of hydrogen-bond acceptors (Lipinski definition) is 5. The highest BCUT2D eigenvalue weighted by atomic mass is 32.1. The zero-order chi connectivity index (χ0) is 13.8. The van der Waals surface area contributed by atoms with E-state index in [2.05, 4.69) is 15.0 Å². The Morgan fingerprint density at radius 3 is 3.05 bits per heavy atom. The summed E-state index contributed by atoms with van der Waals surface area (Å²) >= 11 is 1.51. The number of nitrogens with zero attached hydrogens (tertiary/aromatic N) is 2. The largest absolute Gasteiger partial charge is 0.469 e. The third-order valence-electron chi connectivity index (χ3n) is 2.62. The fourth-order valence-electron chi connectivity index (χ4n) is 1.70. The topological polar surface area (TPSA) is 72.7 Å². The Balaban J connectivity index is 1.90. The maximum atomic E-state index is 11.7. The summed E-state index contributed by atoms with van der Waals surface area (Å²) in [6.45, 7) is 2.21. The van der Waals surface area contributed by atoms with E-state index in [1.165, 1.54) is 18.4 Å². The first kappa shape index (κ1) is 13.5. The fraction of sp³-hybridized carbons (Fsp3) is 0.417. The van der Waals surface area contributed by atoms with Crippen LogP contribution >= 0.6 is 11.3 Å². The highest BCUT2D eigenvalue weighted by Crippen LogP contribution is 2.16. The van der Waals surface area contributed by atoms with Crippen LogP contribution in [-0.4, -0.2) is 34.9 Å². The Labute approximate surface area is 114 Å². The van der Waals surface area contributed by atoms with E-state index in [0.717, 1.165) is 16.3 Å². The molecule has 2 aromatic heterocycles. The van der Waals surface area contributed by atoms with Gasteiger partial charge in [-0.15, -0.1) is 11.3 Å². The van der Waals surface area contributed by atoms with E-state index >= 15 is 0 Å². The lowest BCUT2D eigenvalue weighted by molar-refractivity contribution is -0.140. The number of carbonyl (C=O) groups is 2. The number of aromatic nitrogens is 2. The average molecular weight is 281 g/mol. The Morgan fingerprint density at radius 1 is 1.53 bits per heavy atom. The molecule has 1 amide bonds. The van der Waals surface area contributed by atoms with Gasteiger partial charge in [-0.1, -0.05) is 0 Å². The van der Waals surface area contributed by atoms with E-state index in [9.17, 15) is 9.59 Å². The second kappa shape index (κ2) is 5.83. The molecule has 102 valence electrons. The Morgan fingerprint density at radius 2 is 2.32 bits per heavy atom. The van der Waals surface area contributed by atoms with Crippen molar-refractivity contribution in [2.75, 3.05) is 13.7 Å². The van der Waals surface area contributed by atoms with Gasteiger partial charge in [0.05, 0.1) is 25.6 Å². The van der Waals surface area contributed by atoms with Crippen LogP contribution in [0.3, 0.4) is 0 Å². The van der Waals surface area contributed by atoms with Crippen molar-refractivity contribution in [1.29, 1.82) is 0 Å². The SMILES string of the molecule is COC(=O)CCNC(=O)Cc1csc2nc(C)cn12. The smallest absolute Gasteiger partial charge is 0.307 e. The quantitative estimate of drug-likeness (QED) is 0.827. The average Bonchev–Trinajstić information content (AvgIpc) is 2.90. The van der Waals surface area contributed by atoms with Crippen LogP contribution in [0.2, 0.25) is 0 Å². The molecule has 7 heteroatoms. The number of carbonyl (C=O) groups excluding carboxylic acids is 2. The molecule has 2 heterocycles. The van der Waals surface area contributed by atoms with Gasteiger partial charge in [0.25, 0.3) is 0 Å². The second-order valence-electron chi connectivity index (χ2n) is 4.11. The zero-order valence-corrected chi connectivity index (χ0v) is 11.6. The molecular formula is C12H15N3O3S. The van der Waals surface area contributed by atoms with Crippen LogP contribution in [0.25, 0.3) is 4.96 Å². The van der Waals surface area contributed by atoms with Crippen LogP contribution in [-0.2, 0) is 20.7 Å². The minimum atomic E-state index is -0.330. The molecule has 0 saturated heterocycles. The summed E-state index contributed by atoms with van der Waals surface area (Å²) in [4.78, 5) is 27.9. The molecule has 0 aliphatic rings. The molecule has 0 bridgehead atoms. The molecule has 0 aliphatic carbocycles. The van der Waals surface area contributed by atoms with E-state index in [1.807, 2.05) is 22.9 Å². The van der Waals surface area contributed by atoms with Crippen LogP contribution < -0.4 is 5.32 Å². The molecule has 0 fully saturated rings. The number of thiazole rings is 1. The molecule has 0 aromatic carbocycles. The summed E-state index contributed by atoms with van der Waals surface area (Å²) in [6, 6.07) is 0. The standard InChI is InChI=1S/C12H15N3O3S/c1-8-6-15-9(7-19-12(15)14-8)5-10(16)13-4-3-11(17)18-2/h6-7H,3-5H2,1-2H3,(H,13,16). The molecule has 0 atom stereocenters. The first-order valence-corrected chi connectivity index (χ1v) is 6.73. The van der Waals surface area contributed by atoms with E-state index in [-0.39, 0.29) is 24.7 Å². The predicted octanol–water partition coefficient (Wildman–Crippen LogP) is 0.926. The molecule has 2 rings (SSSR count). The van der Waals surface area contributed by atoms with Gasteiger partial charge in [0.1, 0.15) is 0 Å². The summed E-state index contributed by atoms with van der Waals surface area (Å²) in [7, 11) is 1.33. The highest BCUT2D eigenvalue weighted by Gasteiger charge is 2.10. The number of amides is 1. The van der Waals surface area contributed by atoms with Crippen molar-refractivity contribution in [3.63, 3.8) is 0 Å². The number of methoxy groups -OCH3 is 1.